The smallest absolute Gasteiger partial charge is 0.279 e. The molecule has 1 aliphatic carbocycles. The molecule has 1 saturated carbocycles. The maximum atomic E-state index is 13.0. The molecule has 2 N–H and O–H groups in total. The van der Waals surface area contributed by atoms with Crippen LogP contribution in [0.25, 0.3) is 0 Å². The van der Waals surface area contributed by atoms with Crippen LogP contribution in [0.4, 0.5) is 10.1 Å². The predicted molar refractivity (Wildman–Crippen MR) is 88.7 cm³/mol. The number of carbonyl (C=O) groups excluding carboxylic acids is 1. The minimum absolute atomic E-state index is 0.110. The van der Waals surface area contributed by atoms with E-state index in [-0.39, 0.29) is 11.7 Å². The van der Waals surface area contributed by atoms with Gasteiger partial charge in [-0.15, -0.1) is 0 Å². The van der Waals surface area contributed by atoms with Gasteiger partial charge in [0.25, 0.3) is 5.91 Å². The summed E-state index contributed by atoms with van der Waals surface area (Å²) in [5.74, 6) is -0.362. The molecule has 3 rings (SSSR count). The average molecular weight is 324 g/mol. The SMILES string of the molecule is N#Cc1ccccc1NC(=O)C[NH+](Cc1ccc(F)cc1)C1CC1. The zero-order valence-electron chi connectivity index (χ0n) is 13.3. The van der Waals surface area contributed by atoms with Gasteiger partial charge in [-0.1, -0.05) is 24.3 Å². The zero-order chi connectivity index (χ0) is 16.9. The molecule has 0 saturated heterocycles. The van der Waals surface area contributed by atoms with Crippen molar-refractivity contribution in [2.75, 3.05) is 11.9 Å². The van der Waals surface area contributed by atoms with Gasteiger partial charge in [-0.3, -0.25) is 4.79 Å². The Hall–Kier alpha value is -2.71. The van der Waals surface area contributed by atoms with Crippen molar-refractivity contribution >= 4 is 11.6 Å². The van der Waals surface area contributed by atoms with Gasteiger partial charge in [0.1, 0.15) is 18.4 Å². The molecule has 1 fully saturated rings. The summed E-state index contributed by atoms with van der Waals surface area (Å²) in [6.45, 7) is 1.03. The van der Waals surface area contributed by atoms with Crippen molar-refractivity contribution in [3.63, 3.8) is 0 Å². The van der Waals surface area contributed by atoms with E-state index < -0.39 is 0 Å². The third-order valence-corrected chi connectivity index (χ3v) is 4.21. The Bertz CT molecular complexity index is 763. The van der Waals surface area contributed by atoms with E-state index >= 15 is 0 Å². The summed E-state index contributed by atoms with van der Waals surface area (Å²) >= 11 is 0. The van der Waals surface area contributed by atoms with E-state index in [2.05, 4.69) is 11.4 Å². The third kappa shape index (κ3) is 4.18. The van der Waals surface area contributed by atoms with Crippen LogP contribution < -0.4 is 10.2 Å². The van der Waals surface area contributed by atoms with E-state index in [1.54, 1.807) is 36.4 Å². The van der Waals surface area contributed by atoms with Crippen LogP contribution in [0.15, 0.2) is 48.5 Å². The molecular formula is C19H19FN3O+. The Morgan fingerprint density at radius 3 is 2.58 bits per heavy atom. The van der Waals surface area contributed by atoms with Crippen molar-refractivity contribution in [2.45, 2.75) is 25.4 Å². The second-order valence-corrected chi connectivity index (χ2v) is 6.12. The number of carbonyl (C=O) groups is 1. The predicted octanol–water partition coefficient (Wildman–Crippen LogP) is 1.88. The van der Waals surface area contributed by atoms with Crippen LogP contribution in [0.5, 0.6) is 0 Å². The number of amides is 1. The van der Waals surface area contributed by atoms with E-state index in [4.69, 9.17) is 5.26 Å². The number of anilines is 1. The highest BCUT2D eigenvalue weighted by Crippen LogP contribution is 2.16. The fourth-order valence-electron chi connectivity index (χ4n) is 2.80. The van der Waals surface area contributed by atoms with Gasteiger partial charge in [-0.05, 0) is 24.3 Å². The highest BCUT2D eigenvalue weighted by molar-refractivity contribution is 5.92. The van der Waals surface area contributed by atoms with Crippen LogP contribution in [0.3, 0.4) is 0 Å². The number of hydrogen-bond acceptors (Lipinski definition) is 2. The highest BCUT2D eigenvalue weighted by atomic mass is 19.1. The van der Waals surface area contributed by atoms with E-state index in [1.807, 2.05) is 0 Å². The second kappa shape index (κ2) is 7.24. The first-order valence-electron chi connectivity index (χ1n) is 8.03. The molecule has 0 radical (unpaired) electrons. The molecule has 1 aliphatic rings. The van der Waals surface area contributed by atoms with Gasteiger partial charge in [-0.25, -0.2) is 4.39 Å². The van der Waals surface area contributed by atoms with Crippen LogP contribution >= 0.6 is 0 Å². The Balaban J connectivity index is 1.64. The quantitative estimate of drug-likeness (QED) is 0.852. The molecule has 0 heterocycles. The van der Waals surface area contributed by atoms with Gasteiger partial charge < -0.3 is 10.2 Å². The van der Waals surface area contributed by atoms with E-state index in [0.29, 0.717) is 30.4 Å². The molecule has 0 bridgehead atoms. The van der Waals surface area contributed by atoms with Crippen molar-refractivity contribution in [3.05, 3.63) is 65.5 Å². The number of nitrogens with zero attached hydrogens (tertiary/aromatic N) is 1. The lowest BCUT2D eigenvalue weighted by molar-refractivity contribution is -0.916. The lowest BCUT2D eigenvalue weighted by atomic mass is 10.2. The summed E-state index contributed by atoms with van der Waals surface area (Å²) in [5.41, 5.74) is 2.02. The van der Waals surface area contributed by atoms with Gasteiger partial charge in [0.2, 0.25) is 0 Å². The van der Waals surface area contributed by atoms with Gasteiger partial charge in [0.15, 0.2) is 6.54 Å². The molecule has 2 aromatic rings. The normalized spacial score (nSPS) is 14.7. The lowest BCUT2D eigenvalue weighted by Gasteiger charge is -2.19. The molecule has 24 heavy (non-hydrogen) atoms. The summed E-state index contributed by atoms with van der Waals surface area (Å²) < 4.78 is 13.0. The summed E-state index contributed by atoms with van der Waals surface area (Å²) in [5, 5.41) is 11.9. The van der Waals surface area contributed by atoms with Crippen molar-refractivity contribution in [3.8, 4) is 6.07 Å². The maximum absolute atomic E-state index is 13.0. The Labute approximate surface area is 140 Å². The number of nitrogens with one attached hydrogen (secondary N) is 2. The zero-order valence-corrected chi connectivity index (χ0v) is 13.3. The Morgan fingerprint density at radius 2 is 1.92 bits per heavy atom. The third-order valence-electron chi connectivity index (χ3n) is 4.21. The fraction of sp³-hybridized carbons (Fsp3) is 0.263. The molecule has 1 amide bonds. The van der Waals surface area contributed by atoms with Crippen LogP contribution in [0.1, 0.15) is 24.0 Å². The first-order chi connectivity index (χ1) is 11.7. The summed E-state index contributed by atoms with van der Waals surface area (Å²) in [4.78, 5) is 13.5. The largest absolute Gasteiger partial charge is 0.321 e. The molecule has 4 nitrogen and oxygen atoms in total. The number of quaternary nitrogens is 1. The van der Waals surface area contributed by atoms with Crippen molar-refractivity contribution < 1.29 is 14.1 Å². The van der Waals surface area contributed by atoms with Crippen molar-refractivity contribution in [1.82, 2.24) is 0 Å². The molecule has 1 unspecified atom stereocenters. The number of halogens is 1. The molecule has 2 aromatic carbocycles. The summed E-state index contributed by atoms with van der Waals surface area (Å²) in [6.07, 6.45) is 2.22. The molecule has 1 atom stereocenters. The van der Waals surface area contributed by atoms with Crippen LogP contribution in [0, 0.1) is 17.1 Å². The highest BCUT2D eigenvalue weighted by Gasteiger charge is 2.34. The number of nitriles is 1. The topological polar surface area (TPSA) is 57.3 Å². The van der Waals surface area contributed by atoms with Crippen molar-refractivity contribution in [2.24, 2.45) is 0 Å². The van der Waals surface area contributed by atoms with Gasteiger partial charge in [0, 0.05) is 18.4 Å². The average Bonchev–Trinajstić information content (AvgIpc) is 3.42. The lowest BCUT2D eigenvalue weighted by Crippen LogP contribution is -3.13. The summed E-state index contributed by atoms with van der Waals surface area (Å²) in [6, 6.07) is 16.0. The standard InChI is InChI=1S/C19H18FN3O/c20-16-7-5-14(6-8-16)12-23(17-9-10-17)13-19(24)22-18-4-2-1-3-15(18)11-21/h1-8,17H,9-10,12-13H2,(H,22,24)/p+1. The van der Waals surface area contributed by atoms with Crippen LogP contribution in [-0.4, -0.2) is 18.5 Å². The molecular weight excluding hydrogens is 305 g/mol. The number of para-hydroxylation sites is 1. The molecule has 0 aliphatic heterocycles. The number of benzene rings is 2. The fourth-order valence-corrected chi connectivity index (χ4v) is 2.80. The van der Waals surface area contributed by atoms with Crippen LogP contribution in [-0.2, 0) is 11.3 Å². The van der Waals surface area contributed by atoms with Gasteiger partial charge >= 0.3 is 0 Å². The monoisotopic (exact) mass is 324 g/mol. The summed E-state index contributed by atoms with van der Waals surface area (Å²) in [7, 11) is 0. The minimum atomic E-state index is -0.252. The Kier molecular flexibility index (Phi) is 4.88. The second-order valence-electron chi connectivity index (χ2n) is 6.12. The van der Waals surface area contributed by atoms with Crippen LogP contribution in [0.2, 0.25) is 0 Å². The van der Waals surface area contributed by atoms with Gasteiger partial charge in [0.05, 0.1) is 17.3 Å². The first-order valence-corrected chi connectivity index (χ1v) is 8.03. The van der Waals surface area contributed by atoms with E-state index in [0.717, 1.165) is 18.4 Å². The minimum Gasteiger partial charge on any atom is -0.321 e. The van der Waals surface area contributed by atoms with Gasteiger partial charge in [-0.2, -0.15) is 5.26 Å². The molecule has 0 aromatic heterocycles. The van der Waals surface area contributed by atoms with E-state index in [9.17, 15) is 9.18 Å². The van der Waals surface area contributed by atoms with E-state index in [1.165, 1.54) is 17.0 Å². The number of hydrogen-bond donors (Lipinski definition) is 2. The van der Waals surface area contributed by atoms with Crippen molar-refractivity contribution in [1.29, 1.82) is 5.26 Å². The Morgan fingerprint density at radius 1 is 1.21 bits per heavy atom. The first kappa shape index (κ1) is 16.2. The number of rotatable bonds is 6. The maximum Gasteiger partial charge on any atom is 0.279 e. The molecule has 122 valence electrons. The molecule has 5 heteroatoms. The molecule has 0 spiro atoms.